The lowest BCUT2D eigenvalue weighted by molar-refractivity contribution is 0.0689. The van der Waals surface area contributed by atoms with E-state index in [2.05, 4.69) is 6.92 Å². The van der Waals surface area contributed by atoms with Crippen molar-refractivity contribution < 1.29 is 14.6 Å². The summed E-state index contributed by atoms with van der Waals surface area (Å²) in [5.74, 6) is 0.864. The minimum Gasteiger partial charge on any atom is -0.497 e. The molecule has 1 aromatic rings. The normalized spacial score (nSPS) is 12.2. The summed E-state index contributed by atoms with van der Waals surface area (Å²) in [7, 11) is 1.67. The molecule has 1 atom stereocenters. The fraction of sp³-hybridized carbons (Fsp3) is 0.793. The monoisotopic (exact) mass is 448 g/mol. The van der Waals surface area contributed by atoms with E-state index in [1.54, 1.807) is 7.11 Å². The third kappa shape index (κ3) is 17.5. The number of aliphatic hydroxyl groups excluding tert-OH is 1. The highest BCUT2D eigenvalue weighted by Gasteiger charge is 2.04. The van der Waals surface area contributed by atoms with Gasteiger partial charge in [-0.15, -0.1) is 0 Å². The Labute approximate surface area is 199 Å². The fourth-order valence-electron chi connectivity index (χ4n) is 4.20. The minimum atomic E-state index is -0.225. The standard InChI is InChI=1S/C29H52O3/c1-3-4-5-6-7-8-9-10-11-12-13-14-15-16-17-18-19-28(30)24-25-32-26-27-20-22-29(31-2)23-21-27/h20-23,28,30H,3-19,24-26H2,1-2H3. The van der Waals surface area contributed by atoms with Gasteiger partial charge in [0.2, 0.25) is 0 Å². The molecule has 0 saturated carbocycles. The SMILES string of the molecule is CCCCCCCCCCCCCCCCCCC(O)CCOCc1ccc(OC)cc1. The Kier molecular flexibility index (Phi) is 19.7. The Morgan fingerprint density at radius 3 is 1.59 bits per heavy atom. The third-order valence-corrected chi connectivity index (χ3v) is 6.41. The van der Waals surface area contributed by atoms with Gasteiger partial charge in [-0.2, -0.15) is 0 Å². The summed E-state index contributed by atoms with van der Waals surface area (Å²) in [5, 5.41) is 10.1. The Hall–Kier alpha value is -1.06. The molecule has 0 amide bonds. The van der Waals surface area contributed by atoms with Gasteiger partial charge in [0.1, 0.15) is 5.75 Å². The number of rotatable bonds is 23. The molecule has 3 nitrogen and oxygen atoms in total. The van der Waals surface area contributed by atoms with E-state index in [0.717, 1.165) is 30.6 Å². The van der Waals surface area contributed by atoms with Crippen LogP contribution in [0.1, 0.15) is 128 Å². The first-order valence-electron chi connectivity index (χ1n) is 13.6. The number of aliphatic hydroxyl groups is 1. The second kappa shape index (κ2) is 21.8. The van der Waals surface area contributed by atoms with Crippen LogP contribution < -0.4 is 4.74 Å². The maximum atomic E-state index is 10.1. The summed E-state index contributed by atoms with van der Waals surface area (Å²) in [6, 6.07) is 7.94. The molecule has 1 unspecified atom stereocenters. The molecule has 0 fully saturated rings. The van der Waals surface area contributed by atoms with Gasteiger partial charge in [0.25, 0.3) is 0 Å². The van der Waals surface area contributed by atoms with Crippen LogP contribution in [0.15, 0.2) is 24.3 Å². The van der Waals surface area contributed by atoms with Gasteiger partial charge in [-0.3, -0.25) is 0 Å². The lowest BCUT2D eigenvalue weighted by Crippen LogP contribution is -2.10. The van der Waals surface area contributed by atoms with Gasteiger partial charge in [-0.05, 0) is 30.5 Å². The summed E-state index contributed by atoms with van der Waals surface area (Å²) >= 11 is 0. The van der Waals surface area contributed by atoms with Gasteiger partial charge in [-0.25, -0.2) is 0 Å². The zero-order valence-corrected chi connectivity index (χ0v) is 21.3. The van der Waals surface area contributed by atoms with Gasteiger partial charge in [0.05, 0.1) is 19.8 Å². The van der Waals surface area contributed by atoms with E-state index >= 15 is 0 Å². The van der Waals surface area contributed by atoms with Gasteiger partial charge in [0.15, 0.2) is 0 Å². The number of hydrogen-bond acceptors (Lipinski definition) is 3. The van der Waals surface area contributed by atoms with Gasteiger partial charge in [0, 0.05) is 6.61 Å². The van der Waals surface area contributed by atoms with Crippen LogP contribution >= 0.6 is 0 Å². The molecular weight excluding hydrogens is 396 g/mol. The molecule has 1 rings (SSSR count). The van der Waals surface area contributed by atoms with Crippen LogP contribution in [-0.2, 0) is 11.3 Å². The maximum Gasteiger partial charge on any atom is 0.118 e. The van der Waals surface area contributed by atoms with Crippen LogP contribution in [0.4, 0.5) is 0 Å². The minimum absolute atomic E-state index is 0.225. The van der Waals surface area contributed by atoms with Crippen molar-refractivity contribution in [3.8, 4) is 5.75 Å². The summed E-state index contributed by atoms with van der Waals surface area (Å²) in [5.41, 5.74) is 1.14. The van der Waals surface area contributed by atoms with Crippen molar-refractivity contribution in [3.63, 3.8) is 0 Å². The summed E-state index contributed by atoms with van der Waals surface area (Å²) < 4.78 is 10.9. The average Bonchev–Trinajstić information content (AvgIpc) is 2.82. The molecule has 0 saturated heterocycles. The molecule has 0 aliphatic rings. The van der Waals surface area contributed by atoms with Crippen LogP contribution in [0.25, 0.3) is 0 Å². The molecule has 0 bridgehead atoms. The number of ether oxygens (including phenoxy) is 2. The Bertz CT molecular complexity index is 500. The predicted octanol–water partition coefficient (Wildman–Crippen LogP) is 8.61. The molecule has 186 valence electrons. The summed E-state index contributed by atoms with van der Waals surface area (Å²) in [4.78, 5) is 0. The van der Waals surface area contributed by atoms with Gasteiger partial charge >= 0.3 is 0 Å². The number of methoxy groups -OCH3 is 1. The van der Waals surface area contributed by atoms with Crippen molar-refractivity contribution in [1.82, 2.24) is 0 Å². The van der Waals surface area contributed by atoms with E-state index in [9.17, 15) is 5.11 Å². The number of unbranched alkanes of at least 4 members (excludes halogenated alkanes) is 15. The van der Waals surface area contributed by atoms with Crippen molar-refractivity contribution in [3.05, 3.63) is 29.8 Å². The highest BCUT2D eigenvalue weighted by atomic mass is 16.5. The zero-order valence-electron chi connectivity index (χ0n) is 21.3. The molecule has 1 aromatic carbocycles. The highest BCUT2D eigenvalue weighted by molar-refractivity contribution is 5.26. The first kappa shape index (κ1) is 29.0. The zero-order chi connectivity index (χ0) is 23.1. The van der Waals surface area contributed by atoms with E-state index in [1.165, 1.54) is 96.3 Å². The molecule has 0 aliphatic carbocycles. The Morgan fingerprint density at radius 1 is 0.656 bits per heavy atom. The second-order valence-corrected chi connectivity index (χ2v) is 9.44. The lowest BCUT2D eigenvalue weighted by Gasteiger charge is -2.11. The van der Waals surface area contributed by atoms with Gasteiger partial charge in [-0.1, -0.05) is 122 Å². The molecule has 3 heteroatoms. The molecule has 0 aromatic heterocycles. The van der Waals surface area contributed by atoms with E-state index < -0.39 is 0 Å². The smallest absolute Gasteiger partial charge is 0.118 e. The van der Waals surface area contributed by atoms with Crippen LogP contribution in [0, 0.1) is 0 Å². The molecule has 0 spiro atoms. The van der Waals surface area contributed by atoms with E-state index in [0.29, 0.717) is 13.2 Å². The first-order chi connectivity index (χ1) is 15.8. The maximum absolute atomic E-state index is 10.1. The Balaban J connectivity index is 1.78. The van der Waals surface area contributed by atoms with E-state index in [4.69, 9.17) is 9.47 Å². The van der Waals surface area contributed by atoms with Gasteiger partial charge < -0.3 is 14.6 Å². The molecule has 0 heterocycles. The summed E-state index contributed by atoms with van der Waals surface area (Å²) in [6.07, 6.45) is 23.6. The summed E-state index contributed by atoms with van der Waals surface area (Å²) in [6.45, 7) is 3.50. The van der Waals surface area contributed by atoms with Crippen LogP contribution in [-0.4, -0.2) is 24.9 Å². The van der Waals surface area contributed by atoms with Crippen molar-refractivity contribution in [1.29, 1.82) is 0 Å². The molecule has 0 radical (unpaired) electrons. The quantitative estimate of drug-likeness (QED) is 0.170. The van der Waals surface area contributed by atoms with Crippen molar-refractivity contribution >= 4 is 0 Å². The van der Waals surface area contributed by atoms with E-state index in [-0.39, 0.29) is 6.10 Å². The van der Waals surface area contributed by atoms with Crippen molar-refractivity contribution in [2.45, 2.75) is 135 Å². The molecule has 32 heavy (non-hydrogen) atoms. The fourth-order valence-corrected chi connectivity index (χ4v) is 4.20. The van der Waals surface area contributed by atoms with Crippen LogP contribution in [0.2, 0.25) is 0 Å². The van der Waals surface area contributed by atoms with Crippen molar-refractivity contribution in [2.24, 2.45) is 0 Å². The number of hydrogen-bond donors (Lipinski definition) is 1. The van der Waals surface area contributed by atoms with Crippen LogP contribution in [0.5, 0.6) is 5.75 Å². The third-order valence-electron chi connectivity index (χ3n) is 6.41. The molecule has 1 N–H and O–H groups in total. The largest absolute Gasteiger partial charge is 0.497 e. The second-order valence-electron chi connectivity index (χ2n) is 9.44. The first-order valence-corrected chi connectivity index (χ1v) is 13.6. The van der Waals surface area contributed by atoms with Crippen molar-refractivity contribution in [2.75, 3.05) is 13.7 Å². The lowest BCUT2D eigenvalue weighted by atomic mass is 10.0. The molecule has 0 aliphatic heterocycles. The molecular formula is C29H52O3. The van der Waals surface area contributed by atoms with Crippen LogP contribution in [0.3, 0.4) is 0 Å². The average molecular weight is 449 g/mol. The Morgan fingerprint density at radius 2 is 1.12 bits per heavy atom. The number of benzene rings is 1. The predicted molar refractivity (Wildman–Crippen MR) is 137 cm³/mol. The topological polar surface area (TPSA) is 38.7 Å². The van der Waals surface area contributed by atoms with E-state index in [1.807, 2.05) is 24.3 Å². The highest BCUT2D eigenvalue weighted by Crippen LogP contribution is 2.15.